The smallest absolute Gasteiger partial charge is 0.408 e. The zero-order valence-corrected chi connectivity index (χ0v) is 16.2. The summed E-state index contributed by atoms with van der Waals surface area (Å²) in [5, 5.41) is 4.27. The Kier molecular flexibility index (Phi) is 8.01. The predicted molar refractivity (Wildman–Crippen MR) is 96.5 cm³/mol. The Labute approximate surface area is 161 Å². The first-order valence-electron chi connectivity index (χ1n) is 8.78. The summed E-state index contributed by atoms with van der Waals surface area (Å²) in [6.45, 7) is 6.32. The highest BCUT2D eigenvalue weighted by Gasteiger charge is 2.39. The van der Waals surface area contributed by atoms with Crippen LogP contribution in [0.4, 0.5) is 18.0 Å². The van der Waals surface area contributed by atoms with E-state index in [4.69, 9.17) is 4.74 Å². The summed E-state index contributed by atoms with van der Waals surface area (Å²) in [4.78, 5) is 36.4. The van der Waals surface area contributed by atoms with Crippen molar-refractivity contribution in [3.05, 3.63) is 35.9 Å². The molecule has 9 heteroatoms. The SMILES string of the molecule is CC[C@@H](NC(=O)C(=O)C(CC(F)(F)F)NC(=O)OC(C)(C)C)c1ccccc1. The van der Waals surface area contributed by atoms with Crippen LogP contribution in [0.2, 0.25) is 0 Å². The van der Waals surface area contributed by atoms with Crippen LogP contribution in [0, 0.1) is 0 Å². The minimum absolute atomic E-state index is 0.423. The van der Waals surface area contributed by atoms with Gasteiger partial charge in [0.15, 0.2) is 0 Å². The molecule has 1 aromatic carbocycles. The summed E-state index contributed by atoms with van der Waals surface area (Å²) >= 11 is 0. The Morgan fingerprint density at radius 3 is 2.07 bits per heavy atom. The second-order valence-electron chi connectivity index (χ2n) is 7.23. The van der Waals surface area contributed by atoms with Crippen LogP contribution in [-0.4, -0.2) is 35.6 Å². The molecule has 1 aromatic rings. The molecule has 0 heterocycles. The summed E-state index contributed by atoms with van der Waals surface area (Å²) in [5.74, 6) is -2.60. The van der Waals surface area contributed by atoms with Crippen molar-refractivity contribution in [3.63, 3.8) is 0 Å². The van der Waals surface area contributed by atoms with E-state index in [1.165, 1.54) is 20.8 Å². The van der Waals surface area contributed by atoms with E-state index < -0.39 is 48.1 Å². The summed E-state index contributed by atoms with van der Waals surface area (Å²) in [6.07, 6.45) is -7.23. The Balaban J connectivity index is 2.91. The van der Waals surface area contributed by atoms with Gasteiger partial charge < -0.3 is 15.4 Å². The molecule has 2 atom stereocenters. The highest BCUT2D eigenvalue weighted by Crippen LogP contribution is 2.23. The average molecular weight is 402 g/mol. The van der Waals surface area contributed by atoms with Crippen molar-refractivity contribution in [1.29, 1.82) is 0 Å². The van der Waals surface area contributed by atoms with Crippen molar-refractivity contribution >= 4 is 17.8 Å². The maximum absolute atomic E-state index is 12.8. The third-order valence-electron chi connectivity index (χ3n) is 3.58. The summed E-state index contributed by atoms with van der Waals surface area (Å²) < 4.78 is 43.4. The molecule has 0 aromatic heterocycles. The number of carbonyl (C=O) groups excluding carboxylic acids is 3. The highest BCUT2D eigenvalue weighted by molar-refractivity contribution is 6.38. The molecule has 0 spiro atoms. The van der Waals surface area contributed by atoms with Gasteiger partial charge in [-0.05, 0) is 32.8 Å². The first-order chi connectivity index (χ1) is 12.8. The molecule has 0 radical (unpaired) electrons. The van der Waals surface area contributed by atoms with Gasteiger partial charge in [-0.2, -0.15) is 13.2 Å². The third kappa shape index (κ3) is 8.41. The Hall–Kier alpha value is -2.58. The second-order valence-corrected chi connectivity index (χ2v) is 7.23. The van der Waals surface area contributed by atoms with Gasteiger partial charge in [0, 0.05) is 0 Å². The number of rotatable bonds is 7. The van der Waals surface area contributed by atoms with Gasteiger partial charge in [-0.15, -0.1) is 0 Å². The topological polar surface area (TPSA) is 84.5 Å². The van der Waals surface area contributed by atoms with Crippen LogP contribution < -0.4 is 10.6 Å². The van der Waals surface area contributed by atoms with Crippen LogP contribution in [0.3, 0.4) is 0 Å². The Bertz CT molecular complexity index is 685. The minimum atomic E-state index is -4.76. The van der Waals surface area contributed by atoms with Crippen molar-refractivity contribution in [3.8, 4) is 0 Å². The molecular weight excluding hydrogens is 377 g/mol. The van der Waals surface area contributed by atoms with Crippen molar-refractivity contribution < 1.29 is 32.3 Å². The zero-order valence-electron chi connectivity index (χ0n) is 16.2. The fraction of sp³-hybridized carbons (Fsp3) is 0.526. The molecule has 0 fully saturated rings. The van der Waals surface area contributed by atoms with E-state index in [0.717, 1.165) is 0 Å². The first kappa shape index (κ1) is 23.5. The molecule has 156 valence electrons. The monoisotopic (exact) mass is 402 g/mol. The normalized spacial score (nSPS) is 14.0. The molecule has 1 rings (SSSR count). The molecule has 2 amide bonds. The molecule has 0 aliphatic heterocycles. The number of alkyl halides is 3. The molecule has 28 heavy (non-hydrogen) atoms. The van der Waals surface area contributed by atoms with Gasteiger partial charge in [0.25, 0.3) is 5.91 Å². The van der Waals surface area contributed by atoms with Crippen LogP contribution in [0.25, 0.3) is 0 Å². The van der Waals surface area contributed by atoms with Gasteiger partial charge in [-0.1, -0.05) is 37.3 Å². The lowest BCUT2D eigenvalue weighted by Gasteiger charge is -2.24. The van der Waals surface area contributed by atoms with Gasteiger partial charge in [-0.25, -0.2) is 4.79 Å². The molecule has 1 unspecified atom stereocenters. The zero-order chi connectivity index (χ0) is 21.5. The van der Waals surface area contributed by atoms with E-state index in [-0.39, 0.29) is 0 Å². The summed E-state index contributed by atoms with van der Waals surface area (Å²) in [7, 11) is 0. The highest BCUT2D eigenvalue weighted by atomic mass is 19.4. The molecule has 0 saturated carbocycles. The number of hydrogen-bond donors (Lipinski definition) is 2. The van der Waals surface area contributed by atoms with E-state index >= 15 is 0 Å². The first-order valence-corrected chi connectivity index (χ1v) is 8.78. The molecule has 0 saturated heterocycles. The number of halogens is 3. The number of ketones is 1. The maximum Gasteiger partial charge on any atom is 0.408 e. The number of alkyl carbamates (subject to hydrolysis) is 1. The van der Waals surface area contributed by atoms with Gasteiger partial charge in [0.05, 0.1) is 12.5 Å². The van der Waals surface area contributed by atoms with E-state index in [9.17, 15) is 27.6 Å². The summed E-state index contributed by atoms with van der Waals surface area (Å²) in [5.41, 5.74) is -0.266. The van der Waals surface area contributed by atoms with Gasteiger partial charge in [-0.3, -0.25) is 9.59 Å². The Morgan fingerprint density at radius 1 is 1.04 bits per heavy atom. The number of carbonyl (C=O) groups is 3. The molecule has 6 nitrogen and oxygen atoms in total. The van der Waals surface area contributed by atoms with E-state index in [1.807, 2.05) is 5.32 Å². The quantitative estimate of drug-likeness (QED) is 0.682. The van der Waals surface area contributed by atoms with Gasteiger partial charge >= 0.3 is 12.3 Å². The van der Waals surface area contributed by atoms with Crippen molar-refractivity contribution in [2.24, 2.45) is 0 Å². The molecule has 2 N–H and O–H groups in total. The van der Waals surface area contributed by atoms with Crippen molar-refractivity contribution in [2.45, 2.75) is 64.4 Å². The fourth-order valence-electron chi connectivity index (χ4n) is 2.38. The summed E-state index contributed by atoms with van der Waals surface area (Å²) in [6, 6.07) is 6.07. The number of amides is 2. The third-order valence-corrected chi connectivity index (χ3v) is 3.58. The molecule has 0 aliphatic carbocycles. The van der Waals surface area contributed by atoms with Crippen LogP contribution in [0.1, 0.15) is 52.1 Å². The number of ether oxygens (including phenoxy) is 1. The van der Waals surface area contributed by atoms with Crippen LogP contribution in [0.15, 0.2) is 30.3 Å². The lowest BCUT2D eigenvalue weighted by atomic mass is 10.0. The van der Waals surface area contributed by atoms with Crippen LogP contribution >= 0.6 is 0 Å². The predicted octanol–water partition coefficient (Wildman–Crippen LogP) is 3.67. The second kappa shape index (κ2) is 9.57. The largest absolute Gasteiger partial charge is 0.444 e. The van der Waals surface area contributed by atoms with E-state index in [2.05, 4.69) is 5.32 Å². The number of hydrogen-bond acceptors (Lipinski definition) is 4. The van der Waals surface area contributed by atoms with E-state index in [1.54, 1.807) is 37.3 Å². The van der Waals surface area contributed by atoms with E-state index in [0.29, 0.717) is 12.0 Å². The number of nitrogens with one attached hydrogen (secondary N) is 2. The molecule has 0 bridgehead atoms. The van der Waals surface area contributed by atoms with Gasteiger partial charge in [0.1, 0.15) is 11.6 Å². The van der Waals surface area contributed by atoms with Crippen molar-refractivity contribution in [1.82, 2.24) is 10.6 Å². The van der Waals surface area contributed by atoms with Crippen LogP contribution in [0.5, 0.6) is 0 Å². The standard InChI is InChI=1S/C19H25F3N2O4/c1-5-13(12-9-7-6-8-10-12)23-16(26)15(25)14(11-19(20,21)22)24-17(27)28-18(2,3)4/h6-10,13-14H,5,11H2,1-4H3,(H,23,26)(H,24,27)/t13-,14?/m1/s1. The Morgan fingerprint density at radius 2 is 1.61 bits per heavy atom. The fourth-order valence-corrected chi connectivity index (χ4v) is 2.38. The molecule has 0 aliphatic rings. The van der Waals surface area contributed by atoms with Crippen molar-refractivity contribution in [2.75, 3.05) is 0 Å². The number of Topliss-reactive ketones (excluding diaryl/α,β-unsaturated/α-hetero) is 1. The maximum atomic E-state index is 12.8. The average Bonchev–Trinajstić information content (AvgIpc) is 2.56. The number of benzene rings is 1. The molecular formula is C19H25F3N2O4. The van der Waals surface area contributed by atoms with Gasteiger partial charge in [0.2, 0.25) is 5.78 Å². The lowest BCUT2D eigenvalue weighted by molar-refractivity contribution is -0.152. The lowest BCUT2D eigenvalue weighted by Crippen LogP contribution is -2.50. The van der Waals surface area contributed by atoms with Crippen LogP contribution in [-0.2, 0) is 14.3 Å². The minimum Gasteiger partial charge on any atom is -0.444 e.